The average Bonchev–Trinajstić information content (AvgIpc) is 2.68. The Morgan fingerprint density at radius 1 is 1.38 bits per heavy atom. The lowest BCUT2D eigenvalue weighted by molar-refractivity contribution is -0.135. The van der Waals surface area contributed by atoms with Crippen LogP contribution in [0, 0.1) is 0 Å². The molecule has 0 aromatic heterocycles. The van der Waals surface area contributed by atoms with Gasteiger partial charge in [0, 0.05) is 23.5 Å². The Morgan fingerprint density at radius 2 is 2.06 bits per heavy atom. The van der Waals surface area contributed by atoms with Crippen molar-refractivity contribution in [3.05, 3.63) is 35.5 Å². The quantitative estimate of drug-likeness (QED) is 0.452. The minimum Gasteiger partial charge on any atom is -0.462 e. The lowest BCUT2D eigenvalue weighted by atomic mass is 10.2. The maximum atomic E-state index is 11.3. The number of nitrogen functional groups attached to an aromatic ring is 1. The predicted octanol–water partition coefficient (Wildman–Crippen LogP) is 1.90. The molecule has 0 radical (unpaired) electrons. The first-order chi connectivity index (χ1) is 7.66. The molecule has 0 spiro atoms. The summed E-state index contributed by atoms with van der Waals surface area (Å²) in [6.07, 6.45) is 0.673. The molecule has 4 heteroatoms. The molecule has 84 valence electrons. The van der Waals surface area contributed by atoms with E-state index in [-0.39, 0.29) is 5.97 Å². The van der Waals surface area contributed by atoms with Gasteiger partial charge in [-0.2, -0.15) is 0 Å². The summed E-state index contributed by atoms with van der Waals surface area (Å²) >= 11 is 0. The Hall–Kier alpha value is -1.97. The highest BCUT2D eigenvalue weighted by Gasteiger charge is 2.21. The van der Waals surface area contributed by atoms with Gasteiger partial charge in [0.05, 0.1) is 12.2 Å². The van der Waals surface area contributed by atoms with E-state index in [0.29, 0.717) is 13.0 Å². The number of hydrogen-bond acceptors (Lipinski definition) is 4. The van der Waals surface area contributed by atoms with Gasteiger partial charge in [0.2, 0.25) is 0 Å². The third-order valence-corrected chi connectivity index (χ3v) is 2.53. The average molecular weight is 218 g/mol. The fraction of sp³-hybridized carbons (Fsp3) is 0.250. The van der Waals surface area contributed by atoms with Crippen LogP contribution in [0.5, 0.6) is 0 Å². The molecule has 1 aliphatic rings. The number of nitrogens with two attached hydrogens (primary N) is 1. The number of allylic oxidation sites excluding steroid dienone is 1. The Morgan fingerprint density at radius 3 is 2.62 bits per heavy atom. The molecule has 1 heterocycles. The molecule has 1 aromatic carbocycles. The van der Waals surface area contributed by atoms with Gasteiger partial charge < -0.3 is 15.8 Å². The maximum absolute atomic E-state index is 11.3. The number of cyclic esters (lactones) is 1. The molecule has 1 fully saturated rings. The van der Waals surface area contributed by atoms with Crippen LogP contribution in [0.4, 0.5) is 11.4 Å². The highest BCUT2D eigenvalue weighted by molar-refractivity contribution is 5.91. The Bertz CT molecular complexity index is 435. The summed E-state index contributed by atoms with van der Waals surface area (Å²) < 4.78 is 4.89. The highest BCUT2D eigenvalue weighted by Crippen LogP contribution is 2.20. The molecule has 0 atom stereocenters. The molecule has 1 aromatic rings. The van der Waals surface area contributed by atoms with Crippen LogP contribution in [-0.2, 0) is 9.53 Å². The van der Waals surface area contributed by atoms with E-state index in [2.05, 4.69) is 5.32 Å². The second-order valence-corrected chi connectivity index (χ2v) is 3.74. The zero-order valence-electron chi connectivity index (χ0n) is 9.12. The maximum Gasteiger partial charge on any atom is 0.335 e. The molecule has 2 rings (SSSR count). The SMILES string of the molecule is CC(Nc1ccc(N)cc1)=C1CCOC1=O. The van der Waals surface area contributed by atoms with E-state index in [1.165, 1.54) is 0 Å². The summed E-state index contributed by atoms with van der Waals surface area (Å²) in [6, 6.07) is 7.37. The number of esters is 1. The minimum absolute atomic E-state index is 0.222. The zero-order chi connectivity index (χ0) is 11.5. The molecule has 1 aliphatic heterocycles. The number of carbonyl (C=O) groups excluding carboxylic acids is 1. The summed E-state index contributed by atoms with van der Waals surface area (Å²) in [5, 5.41) is 3.16. The van der Waals surface area contributed by atoms with Crippen molar-refractivity contribution in [1.82, 2.24) is 0 Å². The van der Waals surface area contributed by atoms with Crippen molar-refractivity contribution >= 4 is 17.3 Å². The van der Waals surface area contributed by atoms with Crippen molar-refractivity contribution < 1.29 is 9.53 Å². The van der Waals surface area contributed by atoms with E-state index in [1.807, 2.05) is 31.2 Å². The van der Waals surface area contributed by atoms with Crippen molar-refractivity contribution in [2.24, 2.45) is 0 Å². The van der Waals surface area contributed by atoms with Crippen molar-refractivity contribution in [3.8, 4) is 0 Å². The molecule has 0 bridgehead atoms. The zero-order valence-corrected chi connectivity index (χ0v) is 9.12. The van der Waals surface area contributed by atoms with E-state index in [1.54, 1.807) is 0 Å². The molecule has 3 N–H and O–H groups in total. The first kappa shape index (κ1) is 10.5. The normalized spacial score (nSPS) is 18.2. The van der Waals surface area contributed by atoms with Crippen LogP contribution in [0.3, 0.4) is 0 Å². The molecule has 0 unspecified atom stereocenters. The smallest absolute Gasteiger partial charge is 0.335 e. The number of hydrogen-bond donors (Lipinski definition) is 2. The highest BCUT2D eigenvalue weighted by atomic mass is 16.5. The number of nitrogens with one attached hydrogen (secondary N) is 1. The second kappa shape index (κ2) is 4.26. The van der Waals surface area contributed by atoms with E-state index < -0.39 is 0 Å². The van der Waals surface area contributed by atoms with Crippen LogP contribution in [0.1, 0.15) is 13.3 Å². The van der Waals surface area contributed by atoms with Crippen LogP contribution in [-0.4, -0.2) is 12.6 Å². The van der Waals surface area contributed by atoms with Crippen molar-refractivity contribution in [2.75, 3.05) is 17.7 Å². The van der Waals surface area contributed by atoms with Crippen LogP contribution in [0.25, 0.3) is 0 Å². The van der Waals surface area contributed by atoms with Crippen LogP contribution >= 0.6 is 0 Å². The fourth-order valence-corrected chi connectivity index (χ4v) is 1.63. The first-order valence-electron chi connectivity index (χ1n) is 5.16. The Kier molecular flexibility index (Phi) is 2.81. The third kappa shape index (κ3) is 2.16. The number of carbonyl (C=O) groups is 1. The van der Waals surface area contributed by atoms with Crippen molar-refractivity contribution in [3.63, 3.8) is 0 Å². The number of rotatable bonds is 2. The fourth-order valence-electron chi connectivity index (χ4n) is 1.63. The topological polar surface area (TPSA) is 64.3 Å². The number of benzene rings is 1. The third-order valence-electron chi connectivity index (χ3n) is 2.53. The summed E-state index contributed by atoms with van der Waals surface area (Å²) in [5.74, 6) is -0.222. The lowest BCUT2D eigenvalue weighted by Crippen LogP contribution is -2.04. The Balaban J connectivity index is 2.15. The number of anilines is 2. The monoisotopic (exact) mass is 218 g/mol. The second-order valence-electron chi connectivity index (χ2n) is 3.74. The van der Waals surface area contributed by atoms with Crippen molar-refractivity contribution in [2.45, 2.75) is 13.3 Å². The molecular formula is C12H14N2O2. The van der Waals surface area contributed by atoms with Gasteiger partial charge in [-0.3, -0.25) is 0 Å². The van der Waals surface area contributed by atoms with Gasteiger partial charge in [0.25, 0.3) is 0 Å². The van der Waals surface area contributed by atoms with Crippen LogP contribution < -0.4 is 11.1 Å². The lowest BCUT2D eigenvalue weighted by Gasteiger charge is -2.08. The van der Waals surface area contributed by atoms with Crippen LogP contribution in [0.2, 0.25) is 0 Å². The van der Waals surface area contributed by atoms with E-state index in [4.69, 9.17) is 10.5 Å². The molecule has 0 amide bonds. The van der Waals surface area contributed by atoms with E-state index in [9.17, 15) is 4.79 Å². The summed E-state index contributed by atoms with van der Waals surface area (Å²) in [6.45, 7) is 2.35. The van der Waals surface area contributed by atoms with E-state index in [0.717, 1.165) is 22.6 Å². The number of ether oxygens (including phenoxy) is 1. The summed E-state index contributed by atoms with van der Waals surface area (Å²) in [5.41, 5.74) is 8.78. The van der Waals surface area contributed by atoms with Gasteiger partial charge in [0.1, 0.15) is 0 Å². The predicted molar refractivity (Wildman–Crippen MR) is 62.8 cm³/mol. The van der Waals surface area contributed by atoms with E-state index >= 15 is 0 Å². The Labute approximate surface area is 94.1 Å². The van der Waals surface area contributed by atoms with Crippen molar-refractivity contribution in [1.29, 1.82) is 0 Å². The van der Waals surface area contributed by atoms with Gasteiger partial charge in [-0.1, -0.05) is 0 Å². The molecule has 0 aliphatic carbocycles. The largest absolute Gasteiger partial charge is 0.462 e. The van der Waals surface area contributed by atoms with Gasteiger partial charge in [-0.25, -0.2) is 4.79 Å². The van der Waals surface area contributed by atoms with Gasteiger partial charge in [-0.15, -0.1) is 0 Å². The molecular weight excluding hydrogens is 204 g/mol. The van der Waals surface area contributed by atoms with Crippen LogP contribution in [0.15, 0.2) is 35.5 Å². The van der Waals surface area contributed by atoms with Gasteiger partial charge in [0.15, 0.2) is 0 Å². The molecule has 0 saturated carbocycles. The standard InChI is InChI=1S/C12H14N2O2/c1-8(11-6-7-16-12(11)15)14-10-4-2-9(13)3-5-10/h2-5,14H,6-7,13H2,1H3. The summed E-state index contributed by atoms with van der Waals surface area (Å²) in [7, 11) is 0. The molecule has 16 heavy (non-hydrogen) atoms. The minimum atomic E-state index is -0.222. The molecule has 4 nitrogen and oxygen atoms in total. The summed E-state index contributed by atoms with van der Waals surface area (Å²) in [4.78, 5) is 11.3. The van der Waals surface area contributed by atoms with Gasteiger partial charge in [-0.05, 0) is 31.2 Å². The van der Waals surface area contributed by atoms with Gasteiger partial charge >= 0.3 is 5.97 Å². The first-order valence-corrected chi connectivity index (χ1v) is 5.16. The molecule has 1 saturated heterocycles.